The number of carbonyl (C=O) groups excluding carboxylic acids is 1. The van der Waals surface area contributed by atoms with E-state index in [9.17, 15) is 4.79 Å². The first-order valence-corrected chi connectivity index (χ1v) is 10.9. The maximum Gasteiger partial charge on any atom is 0.266 e. The highest BCUT2D eigenvalue weighted by Gasteiger charge is 2.50. The van der Waals surface area contributed by atoms with Crippen LogP contribution < -0.4 is 10.9 Å². The van der Waals surface area contributed by atoms with Gasteiger partial charge in [-0.3, -0.25) is 14.8 Å². The zero-order chi connectivity index (χ0) is 20.3. The summed E-state index contributed by atoms with van der Waals surface area (Å²) in [6, 6.07) is 19.4. The number of carbonyl (C=O) groups is 1. The van der Waals surface area contributed by atoms with E-state index in [0.717, 1.165) is 30.4 Å². The van der Waals surface area contributed by atoms with E-state index in [1.54, 1.807) is 4.90 Å². The van der Waals surface area contributed by atoms with Gasteiger partial charge in [-0.2, -0.15) is 0 Å². The number of allylic oxidation sites excluding steroid dienone is 1. The quantitative estimate of drug-likeness (QED) is 0.569. The van der Waals surface area contributed by atoms with Crippen molar-refractivity contribution >= 4 is 23.8 Å². The predicted molar refractivity (Wildman–Crippen MR) is 119 cm³/mol. The predicted octanol–water partition coefficient (Wildman–Crippen LogP) is 3.42. The Morgan fingerprint density at radius 1 is 1.00 bits per heavy atom. The molecule has 1 aliphatic heterocycles. The second-order valence-corrected chi connectivity index (χ2v) is 8.43. The van der Waals surface area contributed by atoms with Crippen molar-refractivity contribution in [2.75, 3.05) is 6.54 Å². The molecule has 2 atom stereocenters. The highest BCUT2D eigenvalue weighted by molar-refractivity contribution is 7.97. The Labute approximate surface area is 176 Å². The van der Waals surface area contributed by atoms with E-state index in [-0.39, 0.29) is 11.9 Å². The van der Waals surface area contributed by atoms with E-state index in [2.05, 4.69) is 12.2 Å². The van der Waals surface area contributed by atoms with Crippen molar-refractivity contribution in [1.29, 1.82) is 0 Å². The Bertz CT molecular complexity index is 873. The summed E-state index contributed by atoms with van der Waals surface area (Å²) >= 11 is 1.40. The summed E-state index contributed by atoms with van der Waals surface area (Å²) in [6.45, 7) is 0.561. The van der Waals surface area contributed by atoms with Crippen LogP contribution in [-0.4, -0.2) is 28.6 Å². The van der Waals surface area contributed by atoms with Crippen LogP contribution in [0.5, 0.6) is 0 Å². The van der Waals surface area contributed by atoms with E-state index in [0.29, 0.717) is 17.7 Å². The lowest BCUT2D eigenvalue weighted by Gasteiger charge is -2.28. The maximum absolute atomic E-state index is 13.7. The van der Waals surface area contributed by atoms with Gasteiger partial charge in [0.1, 0.15) is 0 Å². The summed E-state index contributed by atoms with van der Waals surface area (Å²) < 4.78 is 0. The number of nitrogens with two attached hydrogens (primary N) is 2. The molecule has 2 aromatic rings. The fourth-order valence-electron chi connectivity index (χ4n) is 4.20. The van der Waals surface area contributed by atoms with Gasteiger partial charge in [-0.25, -0.2) is 4.99 Å². The van der Waals surface area contributed by atoms with Gasteiger partial charge in [0.15, 0.2) is 11.5 Å². The number of amides is 1. The van der Waals surface area contributed by atoms with Crippen molar-refractivity contribution in [2.24, 2.45) is 21.8 Å². The molecule has 29 heavy (non-hydrogen) atoms. The minimum atomic E-state index is -1.11. The molecule has 2 aromatic carbocycles. The Morgan fingerprint density at radius 3 is 2.14 bits per heavy atom. The van der Waals surface area contributed by atoms with Gasteiger partial charge >= 0.3 is 0 Å². The molecule has 1 aliphatic carbocycles. The second-order valence-electron chi connectivity index (χ2n) is 7.55. The first-order valence-electron chi connectivity index (χ1n) is 9.97. The summed E-state index contributed by atoms with van der Waals surface area (Å²) in [7, 11) is 0. The first-order chi connectivity index (χ1) is 14.1. The average Bonchev–Trinajstić information content (AvgIpc) is 3.04. The number of guanidine groups is 1. The van der Waals surface area contributed by atoms with Crippen LogP contribution in [-0.2, 0) is 10.3 Å². The van der Waals surface area contributed by atoms with Gasteiger partial charge in [0.2, 0.25) is 0 Å². The SMILES string of the molecule is NSC1C=CC(CCN2C(=O)C(c3ccccc3)(c3ccccc3)N=C2N)CC1. The molecule has 0 saturated carbocycles. The average molecular weight is 407 g/mol. The van der Waals surface area contributed by atoms with Crippen LogP contribution in [0.15, 0.2) is 77.8 Å². The Balaban J connectivity index is 1.60. The molecular formula is C23H26N4OS. The summed E-state index contributed by atoms with van der Waals surface area (Å²) in [5, 5.41) is 6.08. The van der Waals surface area contributed by atoms with Crippen LogP contribution in [0, 0.1) is 5.92 Å². The van der Waals surface area contributed by atoms with Crippen molar-refractivity contribution in [1.82, 2.24) is 4.90 Å². The van der Waals surface area contributed by atoms with Crippen LogP contribution >= 0.6 is 11.9 Å². The molecule has 0 saturated heterocycles. The van der Waals surface area contributed by atoms with Crippen LogP contribution in [0.4, 0.5) is 0 Å². The van der Waals surface area contributed by atoms with Gasteiger partial charge in [0.25, 0.3) is 5.91 Å². The van der Waals surface area contributed by atoms with Gasteiger partial charge in [0, 0.05) is 11.8 Å². The highest BCUT2D eigenvalue weighted by Crippen LogP contribution is 2.39. The number of hydrogen-bond acceptors (Lipinski definition) is 5. The Hall–Kier alpha value is -2.57. The van der Waals surface area contributed by atoms with Crippen molar-refractivity contribution in [2.45, 2.75) is 30.1 Å². The monoisotopic (exact) mass is 406 g/mol. The zero-order valence-corrected chi connectivity index (χ0v) is 17.1. The number of hydrogen-bond donors (Lipinski definition) is 2. The van der Waals surface area contributed by atoms with Crippen molar-refractivity contribution < 1.29 is 4.79 Å². The van der Waals surface area contributed by atoms with Crippen LogP contribution in [0.1, 0.15) is 30.4 Å². The molecule has 5 nitrogen and oxygen atoms in total. The van der Waals surface area contributed by atoms with Crippen molar-refractivity contribution in [3.63, 3.8) is 0 Å². The normalized spacial score (nSPS) is 23.3. The molecule has 0 radical (unpaired) electrons. The fraction of sp³-hybridized carbons (Fsp3) is 0.304. The van der Waals surface area contributed by atoms with Gasteiger partial charge < -0.3 is 5.73 Å². The molecule has 0 fully saturated rings. The summed E-state index contributed by atoms with van der Waals surface area (Å²) in [6.07, 6.45) is 7.41. The fourth-order valence-corrected chi connectivity index (χ4v) is 4.65. The molecule has 150 valence electrons. The minimum Gasteiger partial charge on any atom is -0.369 e. The van der Waals surface area contributed by atoms with E-state index in [1.807, 2.05) is 60.7 Å². The van der Waals surface area contributed by atoms with E-state index < -0.39 is 5.54 Å². The van der Waals surface area contributed by atoms with Gasteiger partial charge in [-0.05, 0) is 36.3 Å². The molecule has 0 bridgehead atoms. The van der Waals surface area contributed by atoms with E-state index >= 15 is 0 Å². The smallest absolute Gasteiger partial charge is 0.266 e. The summed E-state index contributed by atoms with van der Waals surface area (Å²) in [5.74, 6) is 0.642. The van der Waals surface area contributed by atoms with Gasteiger partial charge in [-0.15, -0.1) is 0 Å². The maximum atomic E-state index is 13.7. The lowest BCUT2D eigenvalue weighted by molar-refractivity contribution is -0.130. The zero-order valence-electron chi connectivity index (χ0n) is 16.3. The third kappa shape index (κ3) is 3.70. The molecule has 4 N–H and O–H groups in total. The van der Waals surface area contributed by atoms with Gasteiger partial charge in [-0.1, -0.05) is 84.8 Å². The third-order valence-corrected chi connectivity index (χ3v) is 6.56. The summed E-state index contributed by atoms with van der Waals surface area (Å²) in [4.78, 5) is 20.1. The van der Waals surface area contributed by atoms with Crippen LogP contribution in [0.2, 0.25) is 0 Å². The number of benzene rings is 2. The number of rotatable bonds is 6. The van der Waals surface area contributed by atoms with Gasteiger partial charge in [0.05, 0.1) is 0 Å². The topological polar surface area (TPSA) is 84.7 Å². The molecule has 2 unspecified atom stereocenters. The van der Waals surface area contributed by atoms with Crippen LogP contribution in [0.25, 0.3) is 0 Å². The Kier molecular flexibility index (Phi) is 5.74. The molecule has 6 heteroatoms. The molecule has 1 heterocycles. The largest absolute Gasteiger partial charge is 0.369 e. The number of nitrogens with zero attached hydrogens (tertiary/aromatic N) is 2. The summed E-state index contributed by atoms with van der Waals surface area (Å²) in [5.41, 5.74) is 6.85. The second kappa shape index (κ2) is 8.43. The standard InChI is InChI=1S/C23H26N4OS/c24-22-26-23(18-7-3-1-4-8-18,19-9-5-2-6-10-19)21(28)27(22)16-15-17-11-13-20(29-25)14-12-17/h1-11,13,17,20H,12,14-16,25H2,(H2,24,26). The molecule has 4 rings (SSSR count). The Morgan fingerprint density at radius 2 is 1.62 bits per heavy atom. The highest BCUT2D eigenvalue weighted by atomic mass is 32.2. The van der Waals surface area contributed by atoms with Crippen LogP contribution in [0.3, 0.4) is 0 Å². The van der Waals surface area contributed by atoms with E-state index in [4.69, 9.17) is 15.9 Å². The molecular weight excluding hydrogens is 380 g/mol. The molecule has 0 aromatic heterocycles. The van der Waals surface area contributed by atoms with E-state index in [1.165, 1.54) is 11.9 Å². The molecule has 2 aliphatic rings. The first kappa shape index (κ1) is 19.7. The molecule has 1 amide bonds. The third-order valence-electron chi connectivity index (χ3n) is 5.81. The minimum absolute atomic E-state index is 0.0809. The van der Waals surface area contributed by atoms with Crippen molar-refractivity contribution in [3.05, 3.63) is 83.9 Å². The lowest BCUT2D eigenvalue weighted by atomic mass is 9.82. The number of aliphatic imine (C=N–C) groups is 1. The lowest BCUT2D eigenvalue weighted by Crippen LogP contribution is -2.44. The van der Waals surface area contributed by atoms with Crippen molar-refractivity contribution in [3.8, 4) is 0 Å². The molecule has 0 spiro atoms.